The van der Waals surface area contributed by atoms with Gasteiger partial charge in [0.15, 0.2) is 12.4 Å². The highest BCUT2D eigenvalue weighted by atomic mass is 127. The van der Waals surface area contributed by atoms with E-state index in [2.05, 4.69) is 42.9 Å². The third-order valence-corrected chi connectivity index (χ3v) is 1.54. The Morgan fingerprint density at radius 2 is 1.82 bits per heavy atom. The second-order valence-corrected chi connectivity index (χ2v) is 2.61. The molecule has 0 saturated heterocycles. The molecule has 1 aromatic rings. The Hall–Kier alpha value is -0.120. The minimum atomic E-state index is 0. The smallest absolute Gasteiger partial charge is 0.169 e. The predicted octanol–water partition coefficient (Wildman–Crippen LogP) is -1.30. The predicted molar refractivity (Wildman–Crippen MR) is 41.7 cm³/mol. The van der Waals surface area contributed by atoms with Gasteiger partial charge in [0.1, 0.15) is 6.54 Å². The highest BCUT2D eigenvalue weighted by Gasteiger charge is 1.94. The summed E-state index contributed by atoms with van der Waals surface area (Å²) in [6.07, 6.45) is 5.45. The molecular formula is C9H14IN. The van der Waals surface area contributed by atoms with Crippen LogP contribution in [0.2, 0.25) is 0 Å². The van der Waals surface area contributed by atoms with E-state index in [4.69, 9.17) is 0 Å². The van der Waals surface area contributed by atoms with Gasteiger partial charge in [-0.05, 0) is 12.5 Å². The maximum atomic E-state index is 2.20. The van der Waals surface area contributed by atoms with E-state index in [1.165, 1.54) is 12.0 Å². The van der Waals surface area contributed by atoms with E-state index in [0.29, 0.717) is 0 Å². The van der Waals surface area contributed by atoms with Gasteiger partial charge < -0.3 is 24.0 Å². The van der Waals surface area contributed by atoms with Gasteiger partial charge in [-0.3, -0.25) is 0 Å². The summed E-state index contributed by atoms with van der Waals surface area (Å²) in [4.78, 5) is 0. The van der Waals surface area contributed by atoms with Crippen molar-refractivity contribution in [2.24, 2.45) is 0 Å². The number of halogens is 1. The average molecular weight is 263 g/mol. The third-order valence-electron chi connectivity index (χ3n) is 1.54. The summed E-state index contributed by atoms with van der Waals surface area (Å²) >= 11 is 0. The van der Waals surface area contributed by atoms with Gasteiger partial charge in [-0.2, -0.15) is 0 Å². The van der Waals surface area contributed by atoms with Crippen molar-refractivity contribution in [2.75, 3.05) is 0 Å². The summed E-state index contributed by atoms with van der Waals surface area (Å²) < 4.78 is 2.20. The van der Waals surface area contributed by atoms with Crippen LogP contribution >= 0.6 is 0 Å². The standard InChI is InChI=1S/C9H14N.HI/c1-3-6-10-7-4-9(2)5-8-10;/h4-5,7-8H,3,6H2,1-2H3;1H/q+1;/p-1. The van der Waals surface area contributed by atoms with Crippen LogP contribution in [-0.4, -0.2) is 0 Å². The maximum Gasteiger partial charge on any atom is 0.169 e. The lowest BCUT2D eigenvalue weighted by atomic mass is 10.3. The molecule has 11 heavy (non-hydrogen) atoms. The zero-order valence-corrected chi connectivity index (χ0v) is 9.21. The Labute approximate surface area is 85.5 Å². The quantitative estimate of drug-likeness (QED) is 0.461. The molecule has 1 nitrogen and oxygen atoms in total. The molecule has 0 bridgehead atoms. The molecule has 0 aliphatic rings. The van der Waals surface area contributed by atoms with Crippen molar-refractivity contribution < 1.29 is 28.5 Å². The van der Waals surface area contributed by atoms with Gasteiger partial charge in [0, 0.05) is 18.6 Å². The van der Waals surface area contributed by atoms with Gasteiger partial charge in [-0.15, -0.1) is 0 Å². The topological polar surface area (TPSA) is 3.88 Å². The second-order valence-electron chi connectivity index (χ2n) is 2.61. The average Bonchev–Trinajstić information content (AvgIpc) is 1.95. The van der Waals surface area contributed by atoms with E-state index >= 15 is 0 Å². The molecule has 0 atom stereocenters. The number of aromatic nitrogens is 1. The van der Waals surface area contributed by atoms with Crippen LogP contribution in [0.25, 0.3) is 0 Å². The van der Waals surface area contributed by atoms with Crippen molar-refractivity contribution in [3.8, 4) is 0 Å². The van der Waals surface area contributed by atoms with Crippen LogP contribution < -0.4 is 28.5 Å². The zero-order valence-electron chi connectivity index (χ0n) is 7.05. The van der Waals surface area contributed by atoms with E-state index in [-0.39, 0.29) is 24.0 Å². The first-order valence-electron chi connectivity index (χ1n) is 3.78. The van der Waals surface area contributed by atoms with Crippen molar-refractivity contribution in [3.05, 3.63) is 30.1 Å². The van der Waals surface area contributed by atoms with Crippen molar-refractivity contribution >= 4 is 0 Å². The van der Waals surface area contributed by atoms with E-state index in [9.17, 15) is 0 Å². The van der Waals surface area contributed by atoms with Gasteiger partial charge in [0.25, 0.3) is 0 Å². The van der Waals surface area contributed by atoms with Gasteiger partial charge in [0.2, 0.25) is 0 Å². The first kappa shape index (κ1) is 10.9. The first-order valence-corrected chi connectivity index (χ1v) is 3.78. The molecule has 0 amide bonds. The molecule has 0 aliphatic carbocycles. The molecule has 0 aromatic carbocycles. The molecule has 0 aliphatic heterocycles. The molecular weight excluding hydrogens is 249 g/mol. The SMILES string of the molecule is CCC[n+]1ccc(C)cc1.[I-]. The lowest BCUT2D eigenvalue weighted by Gasteiger charge is -1.92. The number of pyridine rings is 1. The highest BCUT2D eigenvalue weighted by molar-refractivity contribution is 5.03. The van der Waals surface area contributed by atoms with Crippen LogP contribution in [0.1, 0.15) is 18.9 Å². The van der Waals surface area contributed by atoms with Crippen LogP contribution in [0.5, 0.6) is 0 Å². The summed E-state index contributed by atoms with van der Waals surface area (Å²) in [5.74, 6) is 0. The summed E-state index contributed by atoms with van der Waals surface area (Å²) in [6.45, 7) is 5.42. The number of aryl methyl sites for hydroxylation is 2. The molecule has 1 rings (SSSR count). The molecule has 1 aromatic heterocycles. The van der Waals surface area contributed by atoms with Crippen molar-refractivity contribution in [1.29, 1.82) is 0 Å². The van der Waals surface area contributed by atoms with Crippen molar-refractivity contribution in [3.63, 3.8) is 0 Å². The van der Waals surface area contributed by atoms with Gasteiger partial charge in [0.05, 0.1) is 0 Å². The van der Waals surface area contributed by atoms with Gasteiger partial charge in [-0.25, -0.2) is 4.57 Å². The monoisotopic (exact) mass is 263 g/mol. The van der Waals surface area contributed by atoms with Gasteiger partial charge >= 0.3 is 0 Å². The Bertz CT molecular complexity index is 193. The number of rotatable bonds is 2. The van der Waals surface area contributed by atoms with Crippen LogP contribution in [0.15, 0.2) is 24.5 Å². The van der Waals surface area contributed by atoms with E-state index < -0.39 is 0 Å². The number of hydrogen-bond donors (Lipinski definition) is 0. The summed E-state index contributed by atoms with van der Waals surface area (Å²) in [6, 6.07) is 4.27. The summed E-state index contributed by atoms with van der Waals surface area (Å²) in [5.41, 5.74) is 1.33. The van der Waals surface area contributed by atoms with Crippen LogP contribution in [0, 0.1) is 6.92 Å². The summed E-state index contributed by atoms with van der Waals surface area (Å²) in [7, 11) is 0. The molecule has 0 saturated carbocycles. The number of hydrogen-bond acceptors (Lipinski definition) is 0. The van der Waals surface area contributed by atoms with E-state index in [1.54, 1.807) is 0 Å². The lowest BCUT2D eigenvalue weighted by Crippen LogP contribution is -3.00. The van der Waals surface area contributed by atoms with Crippen molar-refractivity contribution in [2.45, 2.75) is 26.8 Å². The van der Waals surface area contributed by atoms with Crippen molar-refractivity contribution in [1.82, 2.24) is 0 Å². The largest absolute Gasteiger partial charge is 1.00 e. The lowest BCUT2D eigenvalue weighted by molar-refractivity contribution is -0.697. The zero-order chi connectivity index (χ0) is 7.40. The van der Waals surface area contributed by atoms with E-state index in [0.717, 1.165) is 6.54 Å². The fraction of sp³-hybridized carbons (Fsp3) is 0.444. The molecule has 2 heteroatoms. The second kappa shape index (κ2) is 5.52. The van der Waals surface area contributed by atoms with Crippen LogP contribution in [0.3, 0.4) is 0 Å². The first-order chi connectivity index (χ1) is 4.83. The fourth-order valence-corrected chi connectivity index (χ4v) is 0.939. The van der Waals surface area contributed by atoms with E-state index in [1.807, 2.05) is 0 Å². The summed E-state index contributed by atoms with van der Waals surface area (Å²) in [5, 5.41) is 0. The molecule has 0 spiro atoms. The Morgan fingerprint density at radius 1 is 1.27 bits per heavy atom. The van der Waals surface area contributed by atoms with Crippen LogP contribution in [0.4, 0.5) is 0 Å². The minimum Gasteiger partial charge on any atom is -1.00 e. The fourth-order valence-electron chi connectivity index (χ4n) is 0.939. The molecule has 0 unspecified atom stereocenters. The highest BCUT2D eigenvalue weighted by Crippen LogP contribution is 1.89. The van der Waals surface area contributed by atoms with Gasteiger partial charge in [-0.1, -0.05) is 6.92 Å². The maximum absolute atomic E-state index is 2.20. The molecule has 62 valence electrons. The van der Waals surface area contributed by atoms with Crippen LogP contribution in [-0.2, 0) is 6.54 Å². The molecule has 1 heterocycles. The molecule has 0 N–H and O–H groups in total. The minimum absolute atomic E-state index is 0. The normalized spacial score (nSPS) is 8.91. The Morgan fingerprint density at radius 3 is 2.27 bits per heavy atom. The third kappa shape index (κ3) is 3.70. The molecule has 0 radical (unpaired) electrons. The Balaban J connectivity index is 0.000001000. The molecule has 0 fully saturated rings. The Kier molecular flexibility index (Phi) is 5.46. The number of nitrogens with zero attached hydrogens (tertiary/aromatic N) is 1.